The number of nitrogens with zero attached hydrogens (tertiary/aromatic N) is 4. The van der Waals surface area contributed by atoms with Gasteiger partial charge in [0.25, 0.3) is 0 Å². The second kappa shape index (κ2) is 9.60. The van der Waals surface area contributed by atoms with Crippen molar-refractivity contribution in [2.75, 3.05) is 25.4 Å². The number of likely N-dealkylation sites (tertiary alicyclic amines) is 1. The van der Waals surface area contributed by atoms with Gasteiger partial charge in [0.15, 0.2) is 0 Å². The molecule has 5 rings (SSSR count). The molecule has 0 spiro atoms. The van der Waals surface area contributed by atoms with E-state index in [2.05, 4.69) is 71.3 Å². The van der Waals surface area contributed by atoms with Crippen molar-refractivity contribution >= 4 is 27.5 Å². The summed E-state index contributed by atoms with van der Waals surface area (Å²) in [5, 5.41) is 9.55. The van der Waals surface area contributed by atoms with Crippen LogP contribution in [0.4, 0.5) is 0 Å². The molecule has 0 radical (unpaired) electrons. The van der Waals surface area contributed by atoms with E-state index in [9.17, 15) is 8.76 Å². The Bertz CT molecular complexity index is 1330. The van der Waals surface area contributed by atoms with E-state index in [1.807, 2.05) is 4.52 Å². The second-order valence-corrected chi connectivity index (χ2v) is 10.8. The van der Waals surface area contributed by atoms with E-state index in [0.717, 1.165) is 50.1 Å². The molecule has 1 aliphatic rings. The molecule has 0 bridgehead atoms. The Morgan fingerprint density at radius 2 is 2.00 bits per heavy atom. The maximum atomic E-state index is 10.8. The van der Waals surface area contributed by atoms with E-state index in [1.165, 1.54) is 33.3 Å². The fraction of sp³-hybridized carbons (Fsp3) is 0.462. The molecule has 0 aliphatic carbocycles. The van der Waals surface area contributed by atoms with Gasteiger partial charge in [0.05, 0.1) is 17.4 Å². The minimum atomic E-state index is -1.93. The van der Waals surface area contributed by atoms with Gasteiger partial charge in [-0.3, -0.25) is 4.21 Å². The minimum absolute atomic E-state index is 0.258. The first-order chi connectivity index (χ1) is 16.4. The summed E-state index contributed by atoms with van der Waals surface area (Å²) in [5.74, 6) is 1.19. The first-order valence-electron chi connectivity index (χ1n) is 12.2. The molecule has 7 nitrogen and oxygen atoms in total. The van der Waals surface area contributed by atoms with Gasteiger partial charge in [-0.25, -0.2) is 4.52 Å². The normalized spacial score (nSPS) is 16.7. The maximum absolute atomic E-state index is 10.8. The Kier molecular flexibility index (Phi) is 6.55. The smallest absolute Gasteiger partial charge is 0.0874 e. The highest BCUT2D eigenvalue weighted by atomic mass is 32.2. The predicted octanol–water partition coefficient (Wildman–Crippen LogP) is 4.76. The molecule has 1 aliphatic heterocycles. The number of aromatic nitrogens is 4. The summed E-state index contributed by atoms with van der Waals surface area (Å²) in [6, 6.07) is 11.3. The molecule has 8 heteroatoms. The number of hydrogen-bond acceptors (Lipinski definition) is 5. The van der Waals surface area contributed by atoms with Crippen LogP contribution in [-0.2, 0) is 11.1 Å². The lowest BCUT2D eigenvalue weighted by Gasteiger charge is -2.32. The Labute approximate surface area is 202 Å². The van der Waals surface area contributed by atoms with Gasteiger partial charge in [-0.1, -0.05) is 36.2 Å². The van der Waals surface area contributed by atoms with Crippen molar-refractivity contribution in [2.45, 2.75) is 51.9 Å². The molecule has 1 fully saturated rings. The van der Waals surface area contributed by atoms with Gasteiger partial charge in [0.1, 0.15) is 0 Å². The van der Waals surface area contributed by atoms with Crippen molar-refractivity contribution in [1.82, 2.24) is 24.7 Å². The highest BCUT2D eigenvalue weighted by Gasteiger charge is 2.23. The maximum Gasteiger partial charge on any atom is 0.0874 e. The van der Waals surface area contributed by atoms with Crippen molar-refractivity contribution in [3.8, 4) is 11.3 Å². The average Bonchev–Trinajstić information content (AvgIpc) is 3.44. The fourth-order valence-electron chi connectivity index (χ4n) is 5.45. The van der Waals surface area contributed by atoms with Crippen molar-refractivity contribution in [3.05, 3.63) is 53.3 Å². The molecule has 1 unspecified atom stereocenters. The number of fused-ring (bicyclic) bond motifs is 2. The van der Waals surface area contributed by atoms with E-state index in [-0.39, 0.29) is 5.75 Å². The third-order valence-electron chi connectivity index (χ3n) is 7.15. The quantitative estimate of drug-likeness (QED) is 0.387. The summed E-state index contributed by atoms with van der Waals surface area (Å²) in [5.41, 5.74) is 8.35. The van der Waals surface area contributed by atoms with Crippen LogP contribution >= 0.6 is 0 Å². The number of H-pyrrole nitrogens is 1. The molecule has 1 N–H and O–H groups in total. The fourth-order valence-corrected chi connectivity index (χ4v) is 5.82. The summed E-state index contributed by atoms with van der Waals surface area (Å²) in [4.78, 5) is 6.11. The van der Waals surface area contributed by atoms with Crippen LogP contribution in [0.15, 0.2) is 36.5 Å². The van der Waals surface area contributed by atoms with Gasteiger partial charge in [-0.15, -0.1) is 5.10 Å². The van der Waals surface area contributed by atoms with Crippen molar-refractivity contribution in [2.24, 2.45) is 0 Å². The van der Waals surface area contributed by atoms with Gasteiger partial charge in [-0.05, 0) is 93.0 Å². The van der Waals surface area contributed by atoms with Crippen LogP contribution in [0.5, 0.6) is 0 Å². The first-order valence-corrected chi connectivity index (χ1v) is 13.4. The lowest BCUT2D eigenvalue weighted by Crippen LogP contribution is -2.34. The number of benzene rings is 1. The summed E-state index contributed by atoms with van der Waals surface area (Å²) in [6.07, 6.45) is 4.75. The minimum Gasteiger partial charge on any atom is -0.772 e. The average molecular weight is 479 g/mol. The molecule has 1 saturated heterocycles. The monoisotopic (exact) mass is 478 g/mol. The molecule has 0 saturated carbocycles. The molecule has 4 heterocycles. The van der Waals surface area contributed by atoms with E-state index in [4.69, 9.17) is 0 Å². The zero-order valence-corrected chi connectivity index (χ0v) is 20.9. The topological polar surface area (TPSA) is 89.3 Å². The number of hydrogen-bond donors (Lipinski definition) is 1. The molecule has 4 aromatic rings. The molecule has 1 aromatic carbocycles. The summed E-state index contributed by atoms with van der Waals surface area (Å²) < 4.78 is 23.4. The molecule has 34 heavy (non-hydrogen) atoms. The van der Waals surface area contributed by atoms with E-state index in [0.29, 0.717) is 11.8 Å². The summed E-state index contributed by atoms with van der Waals surface area (Å²) in [6.45, 7) is 9.52. The van der Waals surface area contributed by atoms with Gasteiger partial charge >= 0.3 is 0 Å². The number of aryl methyl sites for hydroxylation is 1. The number of pyridine rings is 1. The van der Waals surface area contributed by atoms with Gasteiger partial charge < -0.3 is 14.4 Å². The summed E-state index contributed by atoms with van der Waals surface area (Å²) in [7, 11) is 0. The molecular formula is C26H32N5O2S-. The number of rotatable bonds is 7. The lowest BCUT2D eigenvalue weighted by molar-refractivity contribution is 0.213. The van der Waals surface area contributed by atoms with E-state index in [1.54, 1.807) is 6.20 Å². The molecule has 0 amide bonds. The second-order valence-electron chi connectivity index (χ2n) is 9.81. The van der Waals surface area contributed by atoms with Crippen molar-refractivity contribution < 1.29 is 8.76 Å². The third-order valence-corrected chi connectivity index (χ3v) is 7.77. The SMILES string of the molecule is Cc1cc(-c2[nH]c3ccc(C4CCN(CCCS(=O)[O-])CC4)cc3c2C(C)C)cc2cnnn12. The van der Waals surface area contributed by atoms with Crippen LogP contribution in [0, 0.1) is 6.92 Å². The number of nitrogens with one attached hydrogen (secondary N) is 1. The number of aromatic amines is 1. The highest BCUT2D eigenvalue weighted by Crippen LogP contribution is 2.38. The Hall–Kier alpha value is -2.55. The highest BCUT2D eigenvalue weighted by molar-refractivity contribution is 7.79. The van der Waals surface area contributed by atoms with Crippen LogP contribution < -0.4 is 0 Å². The molecule has 1 atom stereocenters. The molecule has 180 valence electrons. The van der Waals surface area contributed by atoms with Gasteiger partial charge in [0.2, 0.25) is 0 Å². The Morgan fingerprint density at radius 3 is 2.74 bits per heavy atom. The predicted molar refractivity (Wildman–Crippen MR) is 136 cm³/mol. The Morgan fingerprint density at radius 1 is 1.21 bits per heavy atom. The zero-order chi connectivity index (χ0) is 23.8. The van der Waals surface area contributed by atoms with Crippen molar-refractivity contribution in [3.63, 3.8) is 0 Å². The lowest BCUT2D eigenvalue weighted by atomic mass is 9.87. The largest absolute Gasteiger partial charge is 0.772 e. The first kappa shape index (κ1) is 23.2. The van der Waals surface area contributed by atoms with E-state index < -0.39 is 11.1 Å². The zero-order valence-electron chi connectivity index (χ0n) is 20.1. The van der Waals surface area contributed by atoms with Crippen LogP contribution in [0.2, 0.25) is 0 Å². The molecular weight excluding hydrogens is 446 g/mol. The van der Waals surface area contributed by atoms with Gasteiger partial charge in [0, 0.05) is 27.9 Å². The van der Waals surface area contributed by atoms with Crippen LogP contribution in [-0.4, -0.2) is 58.9 Å². The van der Waals surface area contributed by atoms with Crippen LogP contribution in [0.25, 0.3) is 27.7 Å². The van der Waals surface area contributed by atoms with Crippen molar-refractivity contribution in [1.29, 1.82) is 0 Å². The third kappa shape index (κ3) is 4.54. The van der Waals surface area contributed by atoms with Crippen LogP contribution in [0.1, 0.15) is 61.8 Å². The summed E-state index contributed by atoms with van der Waals surface area (Å²) >= 11 is -1.93. The number of piperidine rings is 1. The molecule has 3 aromatic heterocycles. The standard InChI is InChI=1S/C26H33N5O2S/c1-17(2)25-23-15-20(19-7-10-30(11-8-19)9-4-12-34(32)33)5-6-24(23)28-26(25)21-13-18(3)31-22(14-21)16-27-29-31/h5-6,13-17,19,28H,4,7-12H2,1-3H3,(H,32,33)/p-1. The van der Waals surface area contributed by atoms with Crippen LogP contribution in [0.3, 0.4) is 0 Å². The van der Waals surface area contributed by atoms with E-state index >= 15 is 0 Å². The van der Waals surface area contributed by atoms with Gasteiger partial charge in [-0.2, -0.15) is 0 Å². The Balaban J connectivity index is 1.42.